The standard InChI is InChI=1S/C17H16F3N3O/c18-17(19,20)15-7-6-14(12-21-15)22-8-10-23(11-9-22)16(24)13-4-2-1-3-5-13/h1-7,12H,8-11H2. The highest BCUT2D eigenvalue weighted by molar-refractivity contribution is 5.94. The van der Waals surface area contributed by atoms with Crippen molar-refractivity contribution < 1.29 is 18.0 Å². The molecule has 2 aromatic rings. The summed E-state index contributed by atoms with van der Waals surface area (Å²) in [6.45, 7) is 2.17. The molecule has 1 amide bonds. The molecular weight excluding hydrogens is 319 g/mol. The van der Waals surface area contributed by atoms with Crippen molar-refractivity contribution in [3.63, 3.8) is 0 Å². The van der Waals surface area contributed by atoms with E-state index in [0.29, 0.717) is 37.4 Å². The third kappa shape index (κ3) is 3.50. The molecule has 126 valence electrons. The van der Waals surface area contributed by atoms with Gasteiger partial charge in [-0.15, -0.1) is 0 Å². The minimum absolute atomic E-state index is 0.0270. The van der Waals surface area contributed by atoms with Gasteiger partial charge in [-0.1, -0.05) is 18.2 Å². The average Bonchev–Trinajstić information content (AvgIpc) is 2.61. The van der Waals surface area contributed by atoms with Gasteiger partial charge in [-0.3, -0.25) is 4.79 Å². The lowest BCUT2D eigenvalue weighted by atomic mass is 10.2. The Balaban J connectivity index is 1.62. The van der Waals surface area contributed by atoms with Gasteiger partial charge >= 0.3 is 6.18 Å². The van der Waals surface area contributed by atoms with Gasteiger partial charge in [0.2, 0.25) is 0 Å². The van der Waals surface area contributed by atoms with E-state index in [4.69, 9.17) is 0 Å². The van der Waals surface area contributed by atoms with Crippen LogP contribution in [0.1, 0.15) is 16.1 Å². The number of halogens is 3. The topological polar surface area (TPSA) is 36.4 Å². The van der Waals surface area contributed by atoms with Crippen LogP contribution in [0.25, 0.3) is 0 Å². The largest absolute Gasteiger partial charge is 0.433 e. The summed E-state index contributed by atoms with van der Waals surface area (Å²) in [7, 11) is 0. The fourth-order valence-corrected chi connectivity index (χ4v) is 2.67. The predicted octanol–water partition coefficient (Wildman–Crippen LogP) is 3.06. The van der Waals surface area contributed by atoms with E-state index in [9.17, 15) is 18.0 Å². The minimum atomic E-state index is -4.43. The summed E-state index contributed by atoms with van der Waals surface area (Å²) in [4.78, 5) is 19.5. The number of carbonyl (C=O) groups is 1. The van der Waals surface area contributed by atoms with E-state index in [1.165, 1.54) is 12.3 Å². The quantitative estimate of drug-likeness (QED) is 0.846. The molecule has 0 saturated carbocycles. The van der Waals surface area contributed by atoms with Gasteiger partial charge in [0.15, 0.2) is 0 Å². The lowest BCUT2D eigenvalue weighted by molar-refractivity contribution is -0.141. The number of hydrogen-bond acceptors (Lipinski definition) is 3. The number of aromatic nitrogens is 1. The van der Waals surface area contributed by atoms with E-state index in [0.717, 1.165) is 6.07 Å². The minimum Gasteiger partial charge on any atom is -0.367 e. The van der Waals surface area contributed by atoms with E-state index in [1.807, 2.05) is 23.1 Å². The molecule has 2 heterocycles. The number of hydrogen-bond donors (Lipinski definition) is 0. The maximum Gasteiger partial charge on any atom is 0.433 e. The van der Waals surface area contributed by atoms with Crippen LogP contribution in [0.5, 0.6) is 0 Å². The first-order chi connectivity index (χ1) is 11.4. The molecule has 0 N–H and O–H groups in total. The summed E-state index contributed by atoms with van der Waals surface area (Å²) in [5.74, 6) is -0.0270. The average molecular weight is 335 g/mol. The van der Waals surface area contributed by atoms with Crippen molar-refractivity contribution >= 4 is 11.6 Å². The summed E-state index contributed by atoms with van der Waals surface area (Å²) in [5, 5.41) is 0. The fraction of sp³-hybridized carbons (Fsp3) is 0.294. The summed E-state index contributed by atoms with van der Waals surface area (Å²) < 4.78 is 37.6. The number of alkyl halides is 3. The number of pyridine rings is 1. The molecule has 4 nitrogen and oxygen atoms in total. The highest BCUT2D eigenvalue weighted by Gasteiger charge is 2.32. The Morgan fingerprint density at radius 1 is 0.958 bits per heavy atom. The molecule has 1 aromatic carbocycles. The number of carbonyl (C=O) groups excluding carboxylic acids is 1. The second-order valence-corrected chi connectivity index (χ2v) is 5.54. The maximum absolute atomic E-state index is 12.5. The number of anilines is 1. The van der Waals surface area contributed by atoms with Crippen LogP contribution in [0.2, 0.25) is 0 Å². The van der Waals surface area contributed by atoms with Crippen molar-refractivity contribution in [2.75, 3.05) is 31.1 Å². The molecule has 1 aromatic heterocycles. The first kappa shape index (κ1) is 16.3. The van der Waals surface area contributed by atoms with Gasteiger partial charge in [0, 0.05) is 31.7 Å². The van der Waals surface area contributed by atoms with Gasteiger partial charge in [0.05, 0.1) is 11.9 Å². The molecule has 7 heteroatoms. The Morgan fingerprint density at radius 3 is 2.17 bits per heavy atom. The zero-order valence-electron chi connectivity index (χ0n) is 12.8. The third-order valence-electron chi connectivity index (χ3n) is 3.99. The van der Waals surface area contributed by atoms with E-state index in [2.05, 4.69) is 4.98 Å². The van der Waals surface area contributed by atoms with Crippen LogP contribution in [0.15, 0.2) is 48.7 Å². The number of nitrogens with zero attached hydrogens (tertiary/aromatic N) is 3. The number of piperazine rings is 1. The number of rotatable bonds is 2. The fourth-order valence-electron chi connectivity index (χ4n) is 2.67. The highest BCUT2D eigenvalue weighted by Crippen LogP contribution is 2.28. The third-order valence-corrected chi connectivity index (χ3v) is 3.99. The molecule has 0 spiro atoms. The maximum atomic E-state index is 12.5. The molecule has 1 fully saturated rings. The molecule has 1 aliphatic heterocycles. The summed E-state index contributed by atoms with van der Waals surface area (Å²) in [6.07, 6.45) is -3.20. The SMILES string of the molecule is O=C(c1ccccc1)N1CCN(c2ccc(C(F)(F)F)nc2)CC1. The van der Waals surface area contributed by atoms with Gasteiger partial charge in [0.1, 0.15) is 5.69 Å². The first-order valence-electron chi connectivity index (χ1n) is 7.58. The molecule has 0 atom stereocenters. The van der Waals surface area contributed by atoms with Crippen LogP contribution in [0, 0.1) is 0 Å². The summed E-state index contributed by atoms with van der Waals surface area (Å²) in [5.41, 5.74) is 0.376. The van der Waals surface area contributed by atoms with Crippen molar-refractivity contribution in [2.24, 2.45) is 0 Å². The van der Waals surface area contributed by atoms with Gasteiger partial charge in [-0.05, 0) is 24.3 Å². The zero-order valence-corrected chi connectivity index (χ0v) is 12.8. The molecule has 1 aliphatic rings. The molecule has 0 bridgehead atoms. The lowest BCUT2D eigenvalue weighted by Crippen LogP contribution is -2.48. The Labute approximate surface area is 137 Å². The zero-order chi connectivity index (χ0) is 17.2. The van der Waals surface area contributed by atoms with Crippen LogP contribution < -0.4 is 4.90 Å². The summed E-state index contributed by atoms with van der Waals surface area (Å²) in [6, 6.07) is 11.4. The number of benzene rings is 1. The Hall–Kier alpha value is -2.57. The Morgan fingerprint density at radius 2 is 1.62 bits per heavy atom. The van der Waals surface area contributed by atoms with Crippen LogP contribution in [-0.2, 0) is 6.18 Å². The Bertz CT molecular complexity index is 693. The summed E-state index contributed by atoms with van der Waals surface area (Å²) >= 11 is 0. The molecule has 3 rings (SSSR count). The van der Waals surface area contributed by atoms with Gasteiger partial charge in [0.25, 0.3) is 5.91 Å². The highest BCUT2D eigenvalue weighted by atomic mass is 19.4. The molecule has 0 unspecified atom stereocenters. The molecular formula is C17H16F3N3O. The van der Waals surface area contributed by atoms with Gasteiger partial charge < -0.3 is 9.80 Å². The van der Waals surface area contributed by atoms with Crippen LogP contribution in [0.4, 0.5) is 18.9 Å². The second-order valence-electron chi connectivity index (χ2n) is 5.54. The Kier molecular flexibility index (Phi) is 4.42. The van der Waals surface area contributed by atoms with Crippen LogP contribution >= 0.6 is 0 Å². The van der Waals surface area contributed by atoms with Crippen molar-refractivity contribution in [1.82, 2.24) is 9.88 Å². The van der Waals surface area contributed by atoms with Crippen molar-refractivity contribution in [1.29, 1.82) is 0 Å². The number of amides is 1. The van der Waals surface area contributed by atoms with Crippen molar-refractivity contribution in [2.45, 2.75) is 6.18 Å². The van der Waals surface area contributed by atoms with Crippen LogP contribution in [0.3, 0.4) is 0 Å². The van der Waals surface area contributed by atoms with Crippen LogP contribution in [-0.4, -0.2) is 42.0 Å². The van der Waals surface area contributed by atoms with E-state index in [1.54, 1.807) is 17.0 Å². The normalized spacial score (nSPS) is 15.5. The van der Waals surface area contributed by atoms with Crippen molar-refractivity contribution in [3.8, 4) is 0 Å². The van der Waals surface area contributed by atoms with E-state index < -0.39 is 11.9 Å². The monoisotopic (exact) mass is 335 g/mol. The molecule has 0 aliphatic carbocycles. The smallest absolute Gasteiger partial charge is 0.367 e. The predicted molar refractivity (Wildman–Crippen MR) is 83.8 cm³/mol. The lowest BCUT2D eigenvalue weighted by Gasteiger charge is -2.36. The first-order valence-corrected chi connectivity index (χ1v) is 7.58. The molecule has 24 heavy (non-hydrogen) atoms. The van der Waals surface area contributed by atoms with Gasteiger partial charge in [-0.2, -0.15) is 13.2 Å². The van der Waals surface area contributed by atoms with E-state index in [-0.39, 0.29) is 5.91 Å². The second kappa shape index (κ2) is 6.51. The van der Waals surface area contributed by atoms with E-state index >= 15 is 0 Å². The molecule has 0 radical (unpaired) electrons. The van der Waals surface area contributed by atoms with Crippen molar-refractivity contribution in [3.05, 3.63) is 59.9 Å². The molecule has 1 saturated heterocycles. The van der Waals surface area contributed by atoms with Gasteiger partial charge in [-0.25, -0.2) is 4.98 Å².